The Kier molecular flexibility index (Phi) is 1.58. The third-order valence-electron chi connectivity index (χ3n) is 1.73. The summed E-state index contributed by atoms with van der Waals surface area (Å²) in [6.07, 6.45) is 0. The molecule has 0 saturated heterocycles. The molecule has 0 spiro atoms. The minimum Gasteiger partial charge on any atom is -0.228 e. The molecule has 0 aliphatic rings. The molecule has 1 unspecified atom stereocenters. The first-order chi connectivity index (χ1) is 4.13. The predicted molar refractivity (Wildman–Crippen MR) is 38.6 cm³/mol. The monoisotopic (exact) mass is 143 g/mol. The molecule has 1 atom stereocenters. The minimum atomic E-state index is -0.174. The van der Waals surface area contributed by atoms with Gasteiger partial charge < -0.3 is 0 Å². The first kappa shape index (κ1) is 6.76. The van der Waals surface area contributed by atoms with Gasteiger partial charge in [-0.15, -0.1) is 0 Å². The fraction of sp³-hybridized carbons (Fsp3) is 0.667. The molecule has 0 aliphatic heterocycles. The highest BCUT2D eigenvalue weighted by molar-refractivity contribution is 7.44. The molecule has 1 aromatic rings. The highest BCUT2D eigenvalue weighted by Crippen LogP contribution is 2.20. The van der Waals surface area contributed by atoms with Crippen molar-refractivity contribution in [1.29, 1.82) is 0 Å². The summed E-state index contributed by atoms with van der Waals surface area (Å²) < 4.78 is 6.58. The van der Waals surface area contributed by atoms with E-state index in [1.54, 1.807) is 0 Å². The zero-order chi connectivity index (χ0) is 7.02. The summed E-state index contributed by atoms with van der Waals surface area (Å²) in [4.78, 5) is 0. The molecular formula is C6H12N2P+. The molecule has 1 heterocycles. The Hall–Kier alpha value is -0.360. The van der Waals surface area contributed by atoms with Gasteiger partial charge in [-0.3, -0.25) is 0 Å². The summed E-state index contributed by atoms with van der Waals surface area (Å²) in [7, 11) is 1.90. The Morgan fingerprint density at radius 1 is 1.44 bits per heavy atom. The number of nitrogens with zero attached hydrogens (tertiary/aromatic N) is 2. The van der Waals surface area contributed by atoms with E-state index in [0.717, 1.165) is 5.82 Å². The van der Waals surface area contributed by atoms with Gasteiger partial charge >= 0.3 is 0 Å². The molecule has 0 fully saturated rings. The lowest BCUT2D eigenvalue weighted by Gasteiger charge is -1.84. The predicted octanol–water partition coefficient (Wildman–Crippen LogP) is 1.05. The summed E-state index contributed by atoms with van der Waals surface area (Å²) in [5.41, 5.74) is 1.41. The van der Waals surface area contributed by atoms with Crippen LogP contribution in [0.4, 0.5) is 0 Å². The molecule has 0 aliphatic carbocycles. The third-order valence-corrected chi connectivity index (χ3v) is 3.56. The van der Waals surface area contributed by atoms with Gasteiger partial charge in [0, 0.05) is 20.5 Å². The van der Waals surface area contributed by atoms with E-state index in [4.69, 9.17) is 0 Å². The van der Waals surface area contributed by atoms with Crippen molar-refractivity contribution in [3.05, 3.63) is 11.3 Å². The maximum atomic E-state index is 4.42. The average molecular weight is 143 g/mol. The van der Waals surface area contributed by atoms with Crippen molar-refractivity contribution in [3.63, 3.8) is 0 Å². The number of rotatable bonds is 0. The van der Waals surface area contributed by atoms with Gasteiger partial charge in [-0.05, 0) is 4.75 Å². The van der Waals surface area contributed by atoms with Gasteiger partial charge in [-0.2, -0.15) is 0 Å². The van der Waals surface area contributed by atoms with Gasteiger partial charge in [0.25, 0.3) is 5.82 Å². The van der Waals surface area contributed by atoms with E-state index in [9.17, 15) is 0 Å². The van der Waals surface area contributed by atoms with E-state index in [0.29, 0.717) is 0 Å². The van der Waals surface area contributed by atoms with Gasteiger partial charge in [0.2, 0.25) is 0 Å². The third kappa shape index (κ3) is 0.994. The van der Waals surface area contributed by atoms with E-state index in [1.165, 1.54) is 5.43 Å². The second-order valence-corrected chi connectivity index (χ2v) is 4.17. The Labute approximate surface area is 56.7 Å². The lowest BCUT2D eigenvalue weighted by molar-refractivity contribution is -0.680. The first-order valence-electron chi connectivity index (χ1n) is 2.99. The molecule has 1 rings (SSSR count). The van der Waals surface area contributed by atoms with Crippen LogP contribution in [0.3, 0.4) is 0 Å². The maximum absolute atomic E-state index is 4.42. The summed E-state index contributed by atoms with van der Waals surface area (Å²) in [5, 5.41) is 0. The lowest BCUT2D eigenvalue weighted by atomic mass is 10.6. The van der Waals surface area contributed by atoms with E-state index in [-0.39, 0.29) is 7.69 Å². The van der Waals surface area contributed by atoms with Crippen molar-refractivity contribution in [2.45, 2.75) is 13.8 Å². The van der Waals surface area contributed by atoms with Crippen LogP contribution in [0.1, 0.15) is 11.3 Å². The van der Waals surface area contributed by atoms with Crippen LogP contribution in [-0.2, 0) is 13.7 Å². The molecule has 0 N–H and O–H groups in total. The van der Waals surface area contributed by atoms with Crippen LogP contribution >= 0.6 is 7.69 Å². The van der Waals surface area contributed by atoms with Crippen molar-refractivity contribution in [1.82, 2.24) is 4.75 Å². The van der Waals surface area contributed by atoms with Crippen LogP contribution in [0, 0.1) is 13.8 Å². The van der Waals surface area contributed by atoms with Crippen molar-refractivity contribution in [2.75, 3.05) is 0 Å². The van der Waals surface area contributed by atoms with Crippen molar-refractivity contribution in [3.8, 4) is 0 Å². The molecule has 1 aromatic heterocycles. The highest BCUT2D eigenvalue weighted by Gasteiger charge is 2.12. The fourth-order valence-electron chi connectivity index (χ4n) is 0.808. The molecule has 2 nitrogen and oxygen atoms in total. The number of hydrogen-bond acceptors (Lipinski definition) is 1. The second kappa shape index (κ2) is 2.11. The van der Waals surface area contributed by atoms with Gasteiger partial charge in [0.05, 0.1) is 7.05 Å². The van der Waals surface area contributed by atoms with E-state index in [2.05, 4.69) is 36.9 Å². The van der Waals surface area contributed by atoms with Gasteiger partial charge in [-0.1, -0.05) is 0 Å². The summed E-state index contributed by atoms with van der Waals surface area (Å²) >= 11 is 0. The Bertz CT molecular complexity index is 205. The Balaban J connectivity index is 3.29. The fourth-order valence-corrected chi connectivity index (χ4v) is 2.10. The van der Waals surface area contributed by atoms with Crippen LogP contribution in [0.15, 0.2) is 0 Å². The zero-order valence-electron chi connectivity index (χ0n) is 6.34. The smallest absolute Gasteiger partial charge is 0.228 e. The number of hydrogen-bond donors (Lipinski definition) is 0. The lowest BCUT2D eigenvalue weighted by Crippen LogP contribution is -2.31. The van der Waals surface area contributed by atoms with Crippen molar-refractivity contribution >= 4 is 7.69 Å². The highest BCUT2D eigenvalue weighted by atomic mass is 31.1. The summed E-state index contributed by atoms with van der Waals surface area (Å²) in [5.74, 6) is 1.15. The second-order valence-electron chi connectivity index (χ2n) is 2.28. The Morgan fingerprint density at radius 2 is 2.00 bits per heavy atom. The van der Waals surface area contributed by atoms with E-state index in [1.807, 2.05) is 0 Å². The molecule has 9 heavy (non-hydrogen) atoms. The zero-order valence-corrected chi connectivity index (χ0v) is 7.24. The van der Waals surface area contributed by atoms with Crippen LogP contribution in [0.2, 0.25) is 0 Å². The van der Waals surface area contributed by atoms with Crippen molar-refractivity contribution < 1.29 is 4.57 Å². The first-order valence-corrected chi connectivity index (χ1v) is 4.73. The maximum Gasteiger partial charge on any atom is 0.298 e. The largest absolute Gasteiger partial charge is 0.298 e. The van der Waals surface area contributed by atoms with Crippen LogP contribution in [0.25, 0.3) is 0 Å². The molecule has 0 aromatic carbocycles. The molecule has 0 bridgehead atoms. The van der Waals surface area contributed by atoms with Gasteiger partial charge in [0.1, 0.15) is 7.69 Å². The van der Waals surface area contributed by atoms with Crippen molar-refractivity contribution in [2.24, 2.45) is 13.7 Å². The van der Waals surface area contributed by atoms with Crippen LogP contribution in [-0.4, -0.2) is 4.75 Å². The normalized spacial score (nSPS) is 12.2. The summed E-state index contributed by atoms with van der Waals surface area (Å²) in [6.45, 7) is 6.37. The standard InChI is InChI=1S/C6H12N2P/c1-5-7-9(4)6(2)8(5)3/h1-4H3/q+1. The number of aryl methyl sites for hydroxylation is 2. The van der Waals surface area contributed by atoms with E-state index >= 15 is 0 Å². The molecule has 0 radical (unpaired) electrons. The van der Waals surface area contributed by atoms with E-state index < -0.39 is 0 Å². The Morgan fingerprint density at radius 3 is 2.11 bits per heavy atom. The molecular weight excluding hydrogens is 131 g/mol. The molecule has 0 saturated carbocycles. The van der Waals surface area contributed by atoms with Crippen LogP contribution < -0.4 is 4.57 Å². The molecule has 3 heteroatoms. The number of aromatic nitrogens is 2. The topological polar surface area (TPSA) is 16.8 Å². The minimum absolute atomic E-state index is 0.174. The molecule has 50 valence electrons. The summed E-state index contributed by atoms with van der Waals surface area (Å²) in [6, 6.07) is 0. The molecule has 0 amide bonds. The average Bonchev–Trinajstić information content (AvgIpc) is 1.98. The SMILES string of the molecule is Cc1np(C)c(C)[n+]1C. The van der Waals surface area contributed by atoms with Crippen LogP contribution in [0.5, 0.6) is 0 Å². The van der Waals surface area contributed by atoms with Gasteiger partial charge in [-0.25, -0.2) is 4.57 Å². The van der Waals surface area contributed by atoms with Gasteiger partial charge in [0.15, 0.2) is 5.43 Å². The quantitative estimate of drug-likeness (QED) is 0.496.